The maximum atomic E-state index is 12.4. The molecule has 1 aromatic carbocycles. The van der Waals surface area contributed by atoms with E-state index in [1.54, 1.807) is 13.2 Å². The van der Waals surface area contributed by atoms with E-state index in [1.165, 1.54) is 24.3 Å². The summed E-state index contributed by atoms with van der Waals surface area (Å²) in [4.78, 5) is 24.4. The summed E-state index contributed by atoms with van der Waals surface area (Å²) in [5, 5.41) is 9.23. The summed E-state index contributed by atoms with van der Waals surface area (Å²) >= 11 is 0. The maximum absolute atomic E-state index is 12.4. The number of ketones is 1. The second-order valence-electron chi connectivity index (χ2n) is 6.01. The number of hydrogen-bond donors (Lipinski definition) is 1. The summed E-state index contributed by atoms with van der Waals surface area (Å²) < 4.78 is 12.3. The van der Waals surface area contributed by atoms with Crippen molar-refractivity contribution in [1.82, 2.24) is 4.57 Å². The van der Waals surface area contributed by atoms with E-state index in [9.17, 15) is 14.7 Å². The summed E-state index contributed by atoms with van der Waals surface area (Å²) in [7, 11) is 1.64. The number of aryl methyl sites for hydroxylation is 1. The predicted octanol–water partition coefficient (Wildman–Crippen LogP) is 3.06. The molecule has 6 nitrogen and oxygen atoms in total. The van der Waals surface area contributed by atoms with Crippen molar-refractivity contribution in [3.63, 3.8) is 0 Å². The monoisotopic (exact) mass is 345 g/mol. The van der Waals surface area contributed by atoms with E-state index in [-0.39, 0.29) is 29.7 Å². The lowest BCUT2D eigenvalue weighted by Crippen LogP contribution is -2.17. The van der Waals surface area contributed by atoms with Crippen molar-refractivity contribution >= 4 is 11.8 Å². The number of carbonyl (C=O) groups excluding carboxylic acids is 2. The van der Waals surface area contributed by atoms with Crippen LogP contribution < -0.4 is 0 Å². The first-order valence-electron chi connectivity index (χ1n) is 8.01. The summed E-state index contributed by atoms with van der Waals surface area (Å²) in [5.41, 5.74) is 2.60. The molecule has 0 aliphatic heterocycles. The zero-order valence-electron chi connectivity index (χ0n) is 14.9. The number of nitrogens with zero attached hydrogens (tertiary/aromatic N) is 1. The van der Waals surface area contributed by atoms with Gasteiger partial charge in [-0.3, -0.25) is 4.79 Å². The Balaban J connectivity index is 2.07. The van der Waals surface area contributed by atoms with Crippen LogP contribution >= 0.6 is 0 Å². The van der Waals surface area contributed by atoms with Gasteiger partial charge >= 0.3 is 5.97 Å². The third-order valence-electron chi connectivity index (χ3n) is 4.07. The fourth-order valence-electron chi connectivity index (χ4n) is 2.94. The number of aromatic nitrogens is 1. The van der Waals surface area contributed by atoms with Gasteiger partial charge in [0.1, 0.15) is 5.75 Å². The zero-order valence-corrected chi connectivity index (χ0v) is 14.9. The molecule has 134 valence electrons. The Hall–Kier alpha value is -2.60. The van der Waals surface area contributed by atoms with Crippen LogP contribution in [0.4, 0.5) is 0 Å². The topological polar surface area (TPSA) is 77.8 Å². The molecule has 0 saturated carbocycles. The zero-order chi connectivity index (χ0) is 18.6. The van der Waals surface area contributed by atoms with Gasteiger partial charge in [0, 0.05) is 24.1 Å². The number of Topliss-reactive ketones (excluding diaryl/α,β-unsaturated/α-hetero) is 1. The number of ether oxygens (including phenoxy) is 2. The van der Waals surface area contributed by atoms with Crippen LogP contribution in [-0.2, 0) is 9.47 Å². The Kier molecular flexibility index (Phi) is 5.98. The van der Waals surface area contributed by atoms with Gasteiger partial charge in [0.25, 0.3) is 0 Å². The number of rotatable bonds is 7. The van der Waals surface area contributed by atoms with E-state index in [2.05, 4.69) is 0 Å². The molecule has 0 radical (unpaired) electrons. The second-order valence-corrected chi connectivity index (χ2v) is 6.01. The molecule has 1 aromatic heterocycles. The average Bonchev–Trinajstić information content (AvgIpc) is 2.88. The number of aromatic hydroxyl groups is 1. The molecule has 0 aliphatic carbocycles. The molecule has 1 atom stereocenters. The Morgan fingerprint density at radius 2 is 1.84 bits per heavy atom. The first-order valence-corrected chi connectivity index (χ1v) is 8.01. The normalized spacial score (nSPS) is 12.0. The minimum absolute atomic E-state index is 0.0604. The van der Waals surface area contributed by atoms with Crippen LogP contribution in [0.3, 0.4) is 0 Å². The molecule has 0 saturated heterocycles. The van der Waals surface area contributed by atoms with Crippen molar-refractivity contribution in [3.8, 4) is 5.75 Å². The van der Waals surface area contributed by atoms with Crippen molar-refractivity contribution in [2.24, 2.45) is 0 Å². The minimum Gasteiger partial charge on any atom is -0.508 e. The smallest absolute Gasteiger partial charge is 0.338 e. The highest BCUT2D eigenvalue weighted by Gasteiger charge is 2.20. The number of benzene rings is 1. The van der Waals surface area contributed by atoms with Crippen molar-refractivity contribution in [2.45, 2.75) is 26.8 Å². The van der Waals surface area contributed by atoms with Crippen molar-refractivity contribution in [1.29, 1.82) is 0 Å². The van der Waals surface area contributed by atoms with Crippen LogP contribution in [0.5, 0.6) is 5.75 Å². The summed E-state index contributed by atoms with van der Waals surface area (Å²) in [5.74, 6) is -0.795. The van der Waals surface area contributed by atoms with E-state index in [4.69, 9.17) is 9.47 Å². The third-order valence-corrected chi connectivity index (χ3v) is 4.07. The molecule has 6 heteroatoms. The van der Waals surface area contributed by atoms with E-state index in [0.29, 0.717) is 12.2 Å². The van der Waals surface area contributed by atoms with Gasteiger partial charge in [-0.15, -0.1) is 0 Å². The van der Waals surface area contributed by atoms with Gasteiger partial charge < -0.3 is 19.1 Å². The van der Waals surface area contributed by atoms with Crippen LogP contribution in [0.25, 0.3) is 0 Å². The Morgan fingerprint density at radius 3 is 2.44 bits per heavy atom. The summed E-state index contributed by atoms with van der Waals surface area (Å²) in [6, 6.07) is 7.58. The van der Waals surface area contributed by atoms with E-state index >= 15 is 0 Å². The molecule has 1 heterocycles. The molecule has 0 fully saturated rings. The molecule has 0 aliphatic rings. The molecule has 0 bridgehead atoms. The fourth-order valence-corrected chi connectivity index (χ4v) is 2.94. The molecule has 0 spiro atoms. The highest BCUT2D eigenvalue weighted by molar-refractivity contribution is 6.00. The van der Waals surface area contributed by atoms with Gasteiger partial charge in [-0.2, -0.15) is 0 Å². The highest BCUT2D eigenvalue weighted by atomic mass is 16.5. The molecule has 0 unspecified atom stereocenters. The second kappa shape index (κ2) is 7.98. The Labute approximate surface area is 147 Å². The van der Waals surface area contributed by atoms with Crippen molar-refractivity contribution in [2.75, 3.05) is 20.3 Å². The number of phenols is 1. The van der Waals surface area contributed by atoms with Gasteiger partial charge in [-0.05, 0) is 51.1 Å². The van der Waals surface area contributed by atoms with Gasteiger partial charge in [0.15, 0.2) is 6.61 Å². The number of phenolic OH excluding ortho intramolecular Hbond substituents is 1. The summed E-state index contributed by atoms with van der Waals surface area (Å²) in [6.07, 6.45) is 0. The fraction of sp³-hybridized carbons (Fsp3) is 0.368. The molecular weight excluding hydrogens is 322 g/mol. The molecule has 2 aromatic rings. The van der Waals surface area contributed by atoms with Gasteiger partial charge in [-0.25, -0.2) is 4.79 Å². The lowest BCUT2D eigenvalue weighted by Gasteiger charge is -2.17. The van der Waals surface area contributed by atoms with Crippen LogP contribution in [0, 0.1) is 13.8 Å². The predicted molar refractivity (Wildman–Crippen MR) is 93.2 cm³/mol. The van der Waals surface area contributed by atoms with Crippen LogP contribution in [0.1, 0.15) is 45.1 Å². The van der Waals surface area contributed by atoms with Gasteiger partial charge in [0.2, 0.25) is 5.78 Å². The standard InChI is InChI=1S/C19H23NO5/c1-12-9-17(14(3)20(12)13(2)10-24-4)18(22)11-25-19(23)15-5-7-16(21)8-6-15/h5-9,13,21H,10-11H2,1-4H3/t13-/m1/s1. The molecule has 0 amide bonds. The lowest BCUT2D eigenvalue weighted by molar-refractivity contribution is 0.0474. The summed E-state index contributed by atoms with van der Waals surface area (Å²) in [6.45, 7) is 6.03. The third kappa shape index (κ3) is 4.28. The quantitative estimate of drug-likeness (QED) is 0.616. The SMILES string of the molecule is COC[C@@H](C)n1c(C)cc(C(=O)COC(=O)c2ccc(O)cc2)c1C. The van der Waals surface area contributed by atoms with Crippen molar-refractivity contribution in [3.05, 3.63) is 52.8 Å². The van der Waals surface area contributed by atoms with Crippen LogP contribution in [0.15, 0.2) is 30.3 Å². The van der Waals surface area contributed by atoms with E-state index in [0.717, 1.165) is 11.4 Å². The van der Waals surface area contributed by atoms with Crippen molar-refractivity contribution < 1.29 is 24.2 Å². The van der Waals surface area contributed by atoms with Gasteiger partial charge in [-0.1, -0.05) is 0 Å². The number of methoxy groups -OCH3 is 1. The van der Waals surface area contributed by atoms with E-state index in [1.807, 2.05) is 25.3 Å². The number of esters is 1. The van der Waals surface area contributed by atoms with E-state index < -0.39 is 5.97 Å². The van der Waals surface area contributed by atoms with Crippen LogP contribution in [-0.4, -0.2) is 41.7 Å². The maximum Gasteiger partial charge on any atom is 0.338 e. The first kappa shape index (κ1) is 18.7. The number of hydrogen-bond acceptors (Lipinski definition) is 5. The highest BCUT2D eigenvalue weighted by Crippen LogP contribution is 2.21. The Bertz CT molecular complexity index is 761. The molecule has 1 N–H and O–H groups in total. The molecule has 2 rings (SSSR count). The average molecular weight is 345 g/mol. The molecule has 25 heavy (non-hydrogen) atoms. The molecular formula is C19H23NO5. The largest absolute Gasteiger partial charge is 0.508 e. The lowest BCUT2D eigenvalue weighted by atomic mass is 10.1. The Morgan fingerprint density at radius 1 is 1.20 bits per heavy atom. The minimum atomic E-state index is -0.602. The van der Waals surface area contributed by atoms with Gasteiger partial charge in [0.05, 0.1) is 18.2 Å². The number of carbonyl (C=O) groups is 2. The first-order chi connectivity index (χ1) is 11.8. The van der Waals surface area contributed by atoms with Crippen LogP contribution in [0.2, 0.25) is 0 Å².